The summed E-state index contributed by atoms with van der Waals surface area (Å²) in [6, 6.07) is 2.90. The second-order valence-corrected chi connectivity index (χ2v) is 10.8. The van der Waals surface area contributed by atoms with Crippen molar-refractivity contribution >= 4 is 5.78 Å². The molecular formula is C29H44F2O. The molecule has 3 rings (SSSR count). The number of ketones is 1. The fourth-order valence-corrected chi connectivity index (χ4v) is 6.37. The SMILES string of the molecule is CCCCCCC(=O)c1c(F)cc(C2CCC(C3CCC(C(C)CC)CC3)CC2)cc1F. The van der Waals surface area contributed by atoms with Crippen LogP contribution in [0.25, 0.3) is 0 Å². The van der Waals surface area contributed by atoms with Crippen molar-refractivity contribution in [2.24, 2.45) is 23.7 Å². The van der Waals surface area contributed by atoms with E-state index in [4.69, 9.17) is 0 Å². The highest BCUT2D eigenvalue weighted by atomic mass is 19.1. The Morgan fingerprint density at radius 3 is 1.97 bits per heavy atom. The third-order valence-corrected chi connectivity index (χ3v) is 8.78. The highest BCUT2D eigenvalue weighted by Crippen LogP contribution is 2.45. The first-order valence-corrected chi connectivity index (χ1v) is 13.5. The number of halogens is 2. The molecule has 2 saturated carbocycles. The zero-order valence-corrected chi connectivity index (χ0v) is 20.6. The topological polar surface area (TPSA) is 17.1 Å². The number of Topliss-reactive ketones (excluding diaryl/α,β-unsaturated/α-hetero) is 1. The van der Waals surface area contributed by atoms with Gasteiger partial charge >= 0.3 is 0 Å². The summed E-state index contributed by atoms with van der Waals surface area (Å²) in [6.07, 6.45) is 15.1. The number of benzene rings is 1. The average Bonchev–Trinajstić information content (AvgIpc) is 2.81. The van der Waals surface area contributed by atoms with Crippen LogP contribution in [0.15, 0.2) is 12.1 Å². The van der Waals surface area contributed by atoms with Crippen LogP contribution < -0.4 is 0 Å². The van der Waals surface area contributed by atoms with Gasteiger partial charge in [-0.1, -0.05) is 46.5 Å². The van der Waals surface area contributed by atoms with E-state index in [2.05, 4.69) is 20.8 Å². The third-order valence-electron chi connectivity index (χ3n) is 8.78. The Hall–Kier alpha value is -1.25. The summed E-state index contributed by atoms with van der Waals surface area (Å²) in [5, 5.41) is 0. The van der Waals surface area contributed by atoms with E-state index in [1.807, 2.05) is 0 Å². The summed E-state index contributed by atoms with van der Waals surface area (Å²) in [5.41, 5.74) is 0.429. The van der Waals surface area contributed by atoms with Gasteiger partial charge in [-0.25, -0.2) is 8.78 Å². The van der Waals surface area contributed by atoms with Crippen LogP contribution in [-0.4, -0.2) is 5.78 Å². The molecule has 3 heteroatoms. The number of rotatable bonds is 10. The van der Waals surface area contributed by atoms with Crippen LogP contribution in [0.2, 0.25) is 0 Å². The standard InChI is InChI=1S/C29H44F2O/c1-4-6-7-8-9-28(32)29-26(30)18-25(19-27(29)31)24-16-14-23(15-17-24)22-12-10-21(11-13-22)20(3)5-2/h18-24H,4-17H2,1-3H3. The van der Waals surface area contributed by atoms with Gasteiger partial charge in [0.25, 0.3) is 0 Å². The van der Waals surface area contributed by atoms with E-state index in [0.29, 0.717) is 6.42 Å². The van der Waals surface area contributed by atoms with Crippen LogP contribution in [0, 0.1) is 35.3 Å². The van der Waals surface area contributed by atoms with Crippen molar-refractivity contribution in [2.45, 2.75) is 117 Å². The fraction of sp³-hybridized carbons (Fsp3) is 0.759. The first-order valence-electron chi connectivity index (χ1n) is 13.5. The maximum atomic E-state index is 14.7. The minimum Gasteiger partial charge on any atom is -0.294 e. The minimum atomic E-state index is -0.661. The molecular weight excluding hydrogens is 402 g/mol. The van der Waals surface area contributed by atoms with Gasteiger partial charge in [0.2, 0.25) is 0 Å². The Labute approximate surface area is 194 Å². The Balaban J connectivity index is 1.53. The Bertz CT molecular complexity index is 704. The van der Waals surface area contributed by atoms with Gasteiger partial charge in [-0.2, -0.15) is 0 Å². The van der Waals surface area contributed by atoms with Gasteiger partial charge < -0.3 is 0 Å². The second kappa shape index (κ2) is 12.3. The van der Waals surface area contributed by atoms with Crippen molar-refractivity contribution < 1.29 is 13.6 Å². The minimum absolute atomic E-state index is 0.223. The van der Waals surface area contributed by atoms with Gasteiger partial charge in [-0.15, -0.1) is 0 Å². The molecule has 0 bridgehead atoms. The molecule has 1 unspecified atom stereocenters. The summed E-state index contributed by atoms with van der Waals surface area (Å²) in [7, 11) is 0. The van der Waals surface area contributed by atoms with Crippen molar-refractivity contribution in [3.05, 3.63) is 34.9 Å². The van der Waals surface area contributed by atoms with E-state index in [1.54, 1.807) is 0 Å². The first-order chi connectivity index (χ1) is 15.4. The van der Waals surface area contributed by atoms with E-state index >= 15 is 0 Å². The molecule has 2 aliphatic carbocycles. The van der Waals surface area contributed by atoms with E-state index in [0.717, 1.165) is 61.3 Å². The maximum Gasteiger partial charge on any atom is 0.168 e. The Morgan fingerprint density at radius 2 is 1.44 bits per heavy atom. The lowest BCUT2D eigenvalue weighted by molar-refractivity contribution is 0.0971. The van der Waals surface area contributed by atoms with Crippen LogP contribution >= 0.6 is 0 Å². The Morgan fingerprint density at radius 1 is 0.875 bits per heavy atom. The molecule has 1 nitrogen and oxygen atoms in total. The van der Waals surface area contributed by atoms with Crippen LogP contribution in [0.3, 0.4) is 0 Å². The molecule has 2 aliphatic rings. The van der Waals surface area contributed by atoms with E-state index in [1.165, 1.54) is 57.1 Å². The smallest absolute Gasteiger partial charge is 0.168 e. The van der Waals surface area contributed by atoms with Gasteiger partial charge in [0, 0.05) is 6.42 Å². The van der Waals surface area contributed by atoms with Gasteiger partial charge in [0.1, 0.15) is 11.6 Å². The van der Waals surface area contributed by atoms with Gasteiger partial charge in [-0.05, 0) is 105 Å². The van der Waals surface area contributed by atoms with Crippen molar-refractivity contribution in [1.29, 1.82) is 0 Å². The molecule has 0 spiro atoms. The average molecular weight is 447 g/mol. The maximum absolute atomic E-state index is 14.7. The molecule has 1 atom stereocenters. The molecule has 2 fully saturated rings. The molecule has 1 aromatic rings. The van der Waals surface area contributed by atoms with Gasteiger partial charge in [0.15, 0.2) is 5.78 Å². The molecule has 180 valence electrons. The predicted molar refractivity (Wildman–Crippen MR) is 129 cm³/mol. The molecule has 0 aliphatic heterocycles. The molecule has 0 amide bonds. The number of hydrogen-bond acceptors (Lipinski definition) is 1. The predicted octanol–water partition coefficient (Wildman–Crippen LogP) is 9.24. The van der Waals surface area contributed by atoms with Gasteiger partial charge in [0.05, 0.1) is 5.56 Å². The van der Waals surface area contributed by atoms with E-state index in [-0.39, 0.29) is 23.7 Å². The van der Waals surface area contributed by atoms with Crippen LogP contribution in [0.1, 0.15) is 133 Å². The van der Waals surface area contributed by atoms with Gasteiger partial charge in [-0.3, -0.25) is 4.79 Å². The molecule has 1 aromatic carbocycles. The lowest BCUT2D eigenvalue weighted by Crippen LogP contribution is -2.27. The summed E-state index contributed by atoms with van der Waals surface area (Å²) < 4.78 is 29.5. The molecule has 0 heterocycles. The van der Waals surface area contributed by atoms with E-state index in [9.17, 15) is 13.6 Å². The zero-order chi connectivity index (χ0) is 23.1. The fourth-order valence-electron chi connectivity index (χ4n) is 6.37. The Kier molecular flexibility index (Phi) is 9.74. The van der Waals surface area contributed by atoms with Crippen LogP contribution in [0.4, 0.5) is 8.78 Å². The summed E-state index contributed by atoms with van der Waals surface area (Å²) in [6.45, 7) is 6.81. The summed E-state index contributed by atoms with van der Waals surface area (Å²) in [4.78, 5) is 12.4. The lowest BCUT2D eigenvalue weighted by Gasteiger charge is -2.39. The quantitative estimate of drug-likeness (QED) is 0.258. The zero-order valence-electron chi connectivity index (χ0n) is 20.6. The number of hydrogen-bond donors (Lipinski definition) is 0. The van der Waals surface area contributed by atoms with E-state index < -0.39 is 11.6 Å². The largest absolute Gasteiger partial charge is 0.294 e. The number of unbranched alkanes of at least 4 members (excludes halogenated alkanes) is 3. The molecule has 0 saturated heterocycles. The van der Waals surface area contributed by atoms with Crippen molar-refractivity contribution in [2.75, 3.05) is 0 Å². The molecule has 0 N–H and O–H groups in total. The molecule has 0 radical (unpaired) electrons. The highest BCUT2D eigenvalue weighted by molar-refractivity contribution is 5.96. The van der Waals surface area contributed by atoms with Crippen molar-refractivity contribution in [3.8, 4) is 0 Å². The van der Waals surface area contributed by atoms with Crippen molar-refractivity contribution in [3.63, 3.8) is 0 Å². The summed E-state index contributed by atoms with van der Waals surface area (Å²) in [5.74, 6) is 1.89. The normalized spacial score (nSPS) is 27.3. The summed E-state index contributed by atoms with van der Waals surface area (Å²) >= 11 is 0. The lowest BCUT2D eigenvalue weighted by atomic mass is 9.66. The first kappa shape index (κ1) is 25.4. The monoisotopic (exact) mass is 446 g/mol. The third kappa shape index (κ3) is 6.41. The van der Waals surface area contributed by atoms with Crippen LogP contribution in [-0.2, 0) is 0 Å². The second-order valence-electron chi connectivity index (χ2n) is 10.8. The number of carbonyl (C=O) groups excluding carboxylic acids is 1. The number of carbonyl (C=O) groups is 1. The highest BCUT2D eigenvalue weighted by Gasteiger charge is 2.33. The van der Waals surface area contributed by atoms with Crippen molar-refractivity contribution in [1.82, 2.24) is 0 Å². The van der Waals surface area contributed by atoms with Crippen LogP contribution in [0.5, 0.6) is 0 Å². The molecule has 0 aromatic heterocycles. The molecule has 32 heavy (non-hydrogen) atoms.